The molecule has 1 heterocycles. The predicted octanol–water partition coefficient (Wildman–Crippen LogP) is 1.26. The highest BCUT2D eigenvalue weighted by Crippen LogP contribution is 2.24. The van der Waals surface area contributed by atoms with Gasteiger partial charge in [-0.15, -0.1) is 0 Å². The van der Waals surface area contributed by atoms with Crippen molar-refractivity contribution in [3.63, 3.8) is 0 Å². The molecule has 2 rings (SSSR count). The molecule has 5 nitrogen and oxygen atoms in total. The zero-order valence-corrected chi connectivity index (χ0v) is 11.0. The molecule has 1 saturated heterocycles. The second-order valence-corrected chi connectivity index (χ2v) is 5.07. The maximum Gasteiger partial charge on any atom is 0.257 e. The molecule has 108 valence electrons. The number of piperidine rings is 1. The van der Waals surface area contributed by atoms with E-state index in [0.29, 0.717) is 32.4 Å². The Balaban J connectivity index is 1.99. The highest BCUT2D eigenvalue weighted by Gasteiger charge is 2.25. The van der Waals surface area contributed by atoms with Crippen LogP contribution in [0, 0.1) is 11.7 Å². The molecule has 0 aliphatic carbocycles. The van der Waals surface area contributed by atoms with Gasteiger partial charge in [0.1, 0.15) is 11.6 Å². The maximum absolute atomic E-state index is 12.9. The first-order valence-electron chi connectivity index (χ1n) is 6.53. The minimum absolute atomic E-state index is 0.0970. The number of aromatic hydroxyl groups is 1. The van der Waals surface area contributed by atoms with Gasteiger partial charge in [-0.2, -0.15) is 0 Å². The molecule has 0 saturated carbocycles. The Kier molecular flexibility index (Phi) is 4.22. The van der Waals surface area contributed by atoms with Crippen LogP contribution in [-0.4, -0.2) is 34.9 Å². The number of benzene rings is 1. The SMILES string of the molecule is NC(=O)CC1CCN(C(=O)c2ccc(F)cc2O)CC1. The number of likely N-dealkylation sites (tertiary alicyclic amines) is 1. The quantitative estimate of drug-likeness (QED) is 0.874. The first kappa shape index (κ1) is 14.3. The minimum Gasteiger partial charge on any atom is -0.507 e. The van der Waals surface area contributed by atoms with Crippen LogP contribution in [0.3, 0.4) is 0 Å². The first-order valence-corrected chi connectivity index (χ1v) is 6.53. The highest BCUT2D eigenvalue weighted by molar-refractivity contribution is 5.96. The number of halogens is 1. The van der Waals surface area contributed by atoms with Crippen LogP contribution in [0.4, 0.5) is 4.39 Å². The van der Waals surface area contributed by atoms with Crippen LogP contribution in [0.5, 0.6) is 5.75 Å². The van der Waals surface area contributed by atoms with Gasteiger partial charge in [-0.25, -0.2) is 4.39 Å². The summed E-state index contributed by atoms with van der Waals surface area (Å²) in [7, 11) is 0. The molecule has 0 radical (unpaired) electrons. The van der Waals surface area contributed by atoms with E-state index in [1.54, 1.807) is 4.90 Å². The van der Waals surface area contributed by atoms with Crippen LogP contribution in [0.25, 0.3) is 0 Å². The normalized spacial score (nSPS) is 16.1. The van der Waals surface area contributed by atoms with E-state index in [4.69, 9.17) is 5.73 Å². The van der Waals surface area contributed by atoms with Crippen molar-refractivity contribution in [3.8, 4) is 5.75 Å². The number of amides is 2. The van der Waals surface area contributed by atoms with Crippen molar-refractivity contribution < 1.29 is 19.1 Å². The van der Waals surface area contributed by atoms with Crippen LogP contribution in [0.1, 0.15) is 29.6 Å². The Hall–Kier alpha value is -2.11. The number of nitrogens with two attached hydrogens (primary N) is 1. The van der Waals surface area contributed by atoms with Crippen molar-refractivity contribution in [3.05, 3.63) is 29.6 Å². The fourth-order valence-electron chi connectivity index (χ4n) is 2.48. The molecule has 20 heavy (non-hydrogen) atoms. The second-order valence-electron chi connectivity index (χ2n) is 5.07. The van der Waals surface area contributed by atoms with Crippen LogP contribution < -0.4 is 5.73 Å². The third kappa shape index (κ3) is 3.26. The Bertz CT molecular complexity index is 525. The summed E-state index contributed by atoms with van der Waals surface area (Å²) in [4.78, 5) is 24.7. The number of primary amides is 1. The second kappa shape index (κ2) is 5.90. The molecular weight excluding hydrogens is 263 g/mol. The zero-order valence-electron chi connectivity index (χ0n) is 11.0. The topological polar surface area (TPSA) is 83.6 Å². The van der Waals surface area contributed by atoms with Crippen molar-refractivity contribution in [2.24, 2.45) is 11.7 Å². The van der Waals surface area contributed by atoms with Gasteiger partial charge in [-0.3, -0.25) is 9.59 Å². The molecule has 1 aliphatic heterocycles. The lowest BCUT2D eigenvalue weighted by molar-refractivity contribution is -0.119. The number of phenolic OH excluding ortho intramolecular Hbond substituents is 1. The van der Waals surface area contributed by atoms with Crippen LogP contribution in [0.2, 0.25) is 0 Å². The number of rotatable bonds is 3. The van der Waals surface area contributed by atoms with Crippen LogP contribution in [-0.2, 0) is 4.79 Å². The van der Waals surface area contributed by atoms with Gasteiger partial charge < -0.3 is 15.7 Å². The summed E-state index contributed by atoms with van der Waals surface area (Å²) in [6.07, 6.45) is 1.75. The van der Waals surface area contributed by atoms with Crippen molar-refractivity contribution >= 4 is 11.8 Å². The van der Waals surface area contributed by atoms with E-state index >= 15 is 0 Å². The molecule has 2 amide bonds. The van der Waals surface area contributed by atoms with Gasteiger partial charge in [0.25, 0.3) is 5.91 Å². The monoisotopic (exact) mass is 280 g/mol. The molecule has 0 spiro atoms. The molecule has 1 aromatic carbocycles. The van der Waals surface area contributed by atoms with Gasteiger partial charge in [0.05, 0.1) is 5.56 Å². The lowest BCUT2D eigenvalue weighted by atomic mass is 9.93. The first-order chi connectivity index (χ1) is 9.47. The molecule has 0 atom stereocenters. The van der Waals surface area contributed by atoms with E-state index in [-0.39, 0.29) is 29.0 Å². The summed E-state index contributed by atoms with van der Waals surface area (Å²) in [6, 6.07) is 3.35. The largest absolute Gasteiger partial charge is 0.507 e. The van der Waals surface area contributed by atoms with E-state index in [1.165, 1.54) is 6.07 Å². The van der Waals surface area contributed by atoms with Crippen molar-refractivity contribution in [2.75, 3.05) is 13.1 Å². The molecule has 0 aromatic heterocycles. The average Bonchev–Trinajstić information content (AvgIpc) is 2.38. The Morgan fingerprint density at radius 1 is 1.35 bits per heavy atom. The van der Waals surface area contributed by atoms with Crippen LogP contribution >= 0.6 is 0 Å². The maximum atomic E-state index is 12.9. The van der Waals surface area contributed by atoms with E-state index in [9.17, 15) is 19.1 Å². The molecule has 1 aromatic rings. The molecule has 1 fully saturated rings. The summed E-state index contributed by atoms with van der Waals surface area (Å²) < 4.78 is 12.9. The number of nitrogens with zero attached hydrogens (tertiary/aromatic N) is 1. The summed E-state index contributed by atoms with van der Waals surface area (Å²) in [5, 5.41) is 9.61. The van der Waals surface area contributed by atoms with Crippen molar-refractivity contribution in [1.29, 1.82) is 0 Å². The van der Waals surface area contributed by atoms with Gasteiger partial charge in [0.2, 0.25) is 5.91 Å². The van der Waals surface area contributed by atoms with Gasteiger partial charge in [0.15, 0.2) is 0 Å². The standard InChI is InChI=1S/C14H17FN2O3/c15-10-1-2-11(12(18)8-10)14(20)17-5-3-9(4-6-17)7-13(16)19/h1-2,8-9,18H,3-7H2,(H2,16,19). The number of carbonyl (C=O) groups excluding carboxylic acids is 2. The summed E-state index contributed by atoms with van der Waals surface area (Å²) in [6.45, 7) is 1.02. The van der Waals surface area contributed by atoms with Gasteiger partial charge in [0, 0.05) is 25.6 Å². The molecule has 0 bridgehead atoms. The Morgan fingerprint density at radius 3 is 2.55 bits per heavy atom. The highest BCUT2D eigenvalue weighted by atomic mass is 19.1. The number of carbonyl (C=O) groups is 2. The third-order valence-electron chi connectivity index (χ3n) is 3.58. The smallest absolute Gasteiger partial charge is 0.257 e. The van der Waals surface area contributed by atoms with Crippen molar-refractivity contribution in [2.45, 2.75) is 19.3 Å². The average molecular weight is 280 g/mol. The number of phenols is 1. The fourth-order valence-corrected chi connectivity index (χ4v) is 2.48. The molecular formula is C14H17FN2O3. The van der Waals surface area contributed by atoms with Gasteiger partial charge in [-0.1, -0.05) is 0 Å². The summed E-state index contributed by atoms with van der Waals surface area (Å²) >= 11 is 0. The summed E-state index contributed by atoms with van der Waals surface area (Å²) in [5.41, 5.74) is 5.25. The molecule has 6 heteroatoms. The summed E-state index contributed by atoms with van der Waals surface area (Å²) in [5.74, 6) is -1.38. The van der Waals surface area contributed by atoms with E-state index < -0.39 is 5.82 Å². The van der Waals surface area contributed by atoms with E-state index in [2.05, 4.69) is 0 Å². The predicted molar refractivity (Wildman–Crippen MR) is 70.5 cm³/mol. The van der Waals surface area contributed by atoms with Gasteiger partial charge >= 0.3 is 0 Å². The minimum atomic E-state index is -0.584. The lowest BCUT2D eigenvalue weighted by Gasteiger charge is -2.31. The fraction of sp³-hybridized carbons (Fsp3) is 0.429. The molecule has 0 unspecified atom stereocenters. The number of hydrogen-bond acceptors (Lipinski definition) is 3. The number of hydrogen-bond donors (Lipinski definition) is 2. The Morgan fingerprint density at radius 2 is 2.00 bits per heavy atom. The molecule has 3 N–H and O–H groups in total. The van der Waals surface area contributed by atoms with Crippen LogP contribution in [0.15, 0.2) is 18.2 Å². The van der Waals surface area contributed by atoms with E-state index in [0.717, 1.165) is 12.1 Å². The third-order valence-corrected chi connectivity index (χ3v) is 3.58. The lowest BCUT2D eigenvalue weighted by Crippen LogP contribution is -2.39. The zero-order chi connectivity index (χ0) is 14.7. The molecule has 1 aliphatic rings. The van der Waals surface area contributed by atoms with Gasteiger partial charge in [-0.05, 0) is 30.9 Å². The van der Waals surface area contributed by atoms with E-state index in [1.807, 2.05) is 0 Å². The van der Waals surface area contributed by atoms with Crippen molar-refractivity contribution in [1.82, 2.24) is 4.90 Å². The Labute approximate surface area is 116 Å².